The Hall–Kier alpha value is -1.35. The lowest BCUT2D eigenvalue weighted by Crippen LogP contribution is -2.47. The molecule has 1 aromatic carbocycles. The third kappa shape index (κ3) is 3.85. The van der Waals surface area contributed by atoms with Crippen molar-refractivity contribution in [2.75, 3.05) is 13.1 Å². The molecule has 116 valence electrons. The first-order valence-corrected chi connectivity index (χ1v) is 8.09. The first kappa shape index (κ1) is 16.0. The van der Waals surface area contributed by atoms with Gasteiger partial charge in [-0.1, -0.05) is 37.3 Å². The van der Waals surface area contributed by atoms with Crippen molar-refractivity contribution in [3.05, 3.63) is 35.9 Å². The summed E-state index contributed by atoms with van der Waals surface area (Å²) in [4.78, 5) is 13.9. The number of carboxylic acids is 1. The van der Waals surface area contributed by atoms with Crippen LogP contribution in [0.25, 0.3) is 0 Å². The molecule has 1 unspecified atom stereocenters. The Morgan fingerprint density at radius 2 is 1.90 bits per heavy atom. The van der Waals surface area contributed by atoms with Crippen LogP contribution >= 0.6 is 0 Å². The number of likely N-dealkylation sites (tertiary alicyclic amines) is 1. The van der Waals surface area contributed by atoms with E-state index in [2.05, 4.69) is 36.1 Å². The van der Waals surface area contributed by atoms with Crippen LogP contribution in [-0.2, 0) is 11.2 Å². The maximum Gasteiger partial charge on any atom is 0.309 e. The molecule has 3 heteroatoms. The molecular formula is C18H27NO2. The van der Waals surface area contributed by atoms with E-state index in [0.717, 1.165) is 45.2 Å². The SMILES string of the molecule is CCC1(C(=O)O)CCN(C(C)CCc2ccccc2)CC1. The first-order chi connectivity index (χ1) is 10.1. The molecule has 0 aliphatic carbocycles. The van der Waals surface area contributed by atoms with Crippen LogP contribution in [0.4, 0.5) is 0 Å². The molecule has 0 amide bonds. The van der Waals surface area contributed by atoms with Crippen molar-refractivity contribution in [2.45, 2.75) is 52.0 Å². The lowest BCUT2D eigenvalue weighted by atomic mass is 9.76. The molecule has 0 radical (unpaired) electrons. The fourth-order valence-corrected chi connectivity index (χ4v) is 3.31. The van der Waals surface area contributed by atoms with Gasteiger partial charge in [-0.15, -0.1) is 0 Å². The normalized spacial score (nSPS) is 20.1. The number of aliphatic carboxylic acids is 1. The Morgan fingerprint density at radius 3 is 2.43 bits per heavy atom. The average Bonchev–Trinajstić information content (AvgIpc) is 2.53. The van der Waals surface area contributed by atoms with Gasteiger partial charge in [0.2, 0.25) is 0 Å². The topological polar surface area (TPSA) is 40.5 Å². The molecule has 21 heavy (non-hydrogen) atoms. The van der Waals surface area contributed by atoms with E-state index >= 15 is 0 Å². The van der Waals surface area contributed by atoms with Crippen LogP contribution < -0.4 is 0 Å². The van der Waals surface area contributed by atoms with Crippen molar-refractivity contribution in [3.8, 4) is 0 Å². The zero-order valence-corrected chi connectivity index (χ0v) is 13.2. The molecule has 1 saturated heterocycles. The molecule has 1 fully saturated rings. The van der Waals surface area contributed by atoms with E-state index in [-0.39, 0.29) is 0 Å². The highest BCUT2D eigenvalue weighted by molar-refractivity contribution is 5.74. The van der Waals surface area contributed by atoms with Crippen LogP contribution in [0.15, 0.2) is 30.3 Å². The number of nitrogens with zero attached hydrogens (tertiary/aromatic N) is 1. The van der Waals surface area contributed by atoms with Crippen molar-refractivity contribution < 1.29 is 9.90 Å². The van der Waals surface area contributed by atoms with Crippen LogP contribution in [0.5, 0.6) is 0 Å². The lowest BCUT2D eigenvalue weighted by molar-refractivity contribution is -0.152. The van der Waals surface area contributed by atoms with Crippen molar-refractivity contribution in [1.29, 1.82) is 0 Å². The molecule has 1 atom stereocenters. The molecule has 0 spiro atoms. The van der Waals surface area contributed by atoms with Gasteiger partial charge in [-0.3, -0.25) is 4.79 Å². The van der Waals surface area contributed by atoms with Gasteiger partial charge in [-0.05, 0) is 57.7 Å². The smallest absolute Gasteiger partial charge is 0.309 e. The predicted molar refractivity (Wildman–Crippen MR) is 85.4 cm³/mol. The van der Waals surface area contributed by atoms with Crippen molar-refractivity contribution in [2.24, 2.45) is 5.41 Å². The lowest BCUT2D eigenvalue weighted by Gasteiger charge is -2.41. The first-order valence-electron chi connectivity index (χ1n) is 8.09. The molecule has 1 aliphatic heterocycles. The average molecular weight is 289 g/mol. The summed E-state index contributed by atoms with van der Waals surface area (Å²) in [6.07, 6.45) is 4.55. The molecule has 0 aromatic heterocycles. The summed E-state index contributed by atoms with van der Waals surface area (Å²) in [5, 5.41) is 9.45. The number of rotatable bonds is 6. The van der Waals surface area contributed by atoms with E-state index in [0.29, 0.717) is 6.04 Å². The van der Waals surface area contributed by atoms with Crippen molar-refractivity contribution in [1.82, 2.24) is 4.90 Å². The second kappa shape index (κ2) is 7.08. The minimum atomic E-state index is -0.610. The summed E-state index contributed by atoms with van der Waals surface area (Å²) in [7, 11) is 0. The van der Waals surface area contributed by atoms with Crippen molar-refractivity contribution >= 4 is 5.97 Å². The fraction of sp³-hybridized carbons (Fsp3) is 0.611. The predicted octanol–water partition coefficient (Wildman–Crippen LogP) is 3.58. The Balaban J connectivity index is 1.83. The second-order valence-electron chi connectivity index (χ2n) is 6.35. The fourth-order valence-electron chi connectivity index (χ4n) is 3.31. The maximum absolute atomic E-state index is 11.5. The van der Waals surface area contributed by atoms with Gasteiger partial charge in [-0.2, -0.15) is 0 Å². The van der Waals surface area contributed by atoms with Gasteiger partial charge >= 0.3 is 5.97 Å². The second-order valence-corrected chi connectivity index (χ2v) is 6.35. The van der Waals surface area contributed by atoms with Gasteiger partial charge in [0, 0.05) is 6.04 Å². The summed E-state index contributed by atoms with van der Waals surface area (Å²) in [5.74, 6) is -0.610. The van der Waals surface area contributed by atoms with E-state index in [1.165, 1.54) is 5.56 Å². The molecular weight excluding hydrogens is 262 g/mol. The number of benzene rings is 1. The monoisotopic (exact) mass is 289 g/mol. The molecule has 1 heterocycles. The van der Waals surface area contributed by atoms with E-state index < -0.39 is 11.4 Å². The van der Waals surface area contributed by atoms with E-state index in [1.54, 1.807) is 0 Å². The number of hydrogen-bond acceptors (Lipinski definition) is 2. The standard InChI is InChI=1S/C18H27NO2/c1-3-18(17(20)21)11-13-19(14-12-18)15(2)9-10-16-7-5-4-6-8-16/h4-8,15H,3,9-14H2,1-2H3,(H,20,21). The summed E-state index contributed by atoms with van der Waals surface area (Å²) in [6, 6.07) is 11.1. The molecule has 1 aromatic rings. The number of aryl methyl sites for hydroxylation is 1. The third-order valence-corrected chi connectivity index (χ3v) is 5.20. The summed E-state index contributed by atoms with van der Waals surface area (Å²) >= 11 is 0. The van der Waals surface area contributed by atoms with Gasteiger partial charge in [0.1, 0.15) is 0 Å². The van der Waals surface area contributed by atoms with Crippen LogP contribution in [-0.4, -0.2) is 35.1 Å². The van der Waals surface area contributed by atoms with Crippen LogP contribution in [0.3, 0.4) is 0 Å². The van der Waals surface area contributed by atoms with Gasteiger partial charge < -0.3 is 10.0 Å². The summed E-state index contributed by atoms with van der Waals surface area (Å²) < 4.78 is 0. The summed E-state index contributed by atoms with van der Waals surface area (Å²) in [6.45, 7) is 6.09. The summed E-state index contributed by atoms with van der Waals surface area (Å²) in [5.41, 5.74) is 0.908. The zero-order valence-electron chi connectivity index (χ0n) is 13.2. The largest absolute Gasteiger partial charge is 0.481 e. The molecule has 1 N–H and O–H groups in total. The highest BCUT2D eigenvalue weighted by Crippen LogP contribution is 2.36. The van der Waals surface area contributed by atoms with E-state index in [1.807, 2.05) is 13.0 Å². The molecule has 0 saturated carbocycles. The Labute approximate surface area is 128 Å². The Kier molecular flexibility index (Phi) is 5.40. The number of hydrogen-bond donors (Lipinski definition) is 1. The van der Waals surface area contributed by atoms with Crippen molar-refractivity contribution in [3.63, 3.8) is 0 Å². The molecule has 1 aliphatic rings. The van der Waals surface area contributed by atoms with Crippen LogP contribution in [0.1, 0.15) is 45.1 Å². The van der Waals surface area contributed by atoms with E-state index in [4.69, 9.17) is 0 Å². The zero-order chi connectivity index (χ0) is 15.3. The number of piperidine rings is 1. The Bertz CT molecular complexity index is 450. The quantitative estimate of drug-likeness (QED) is 0.870. The van der Waals surface area contributed by atoms with Gasteiger partial charge in [0.15, 0.2) is 0 Å². The van der Waals surface area contributed by atoms with Gasteiger partial charge in [0.25, 0.3) is 0 Å². The van der Waals surface area contributed by atoms with Crippen LogP contribution in [0, 0.1) is 5.41 Å². The minimum absolute atomic E-state index is 0.477. The van der Waals surface area contributed by atoms with E-state index in [9.17, 15) is 9.90 Å². The molecule has 0 bridgehead atoms. The number of carbonyl (C=O) groups is 1. The van der Waals surface area contributed by atoms with Crippen LogP contribution in [0.2, 0.25) is 0 Å². The van der Waals surface area contributed by atoms with Gasteiger partial charge in [-0.25, -0.2) is 0 Å². The molecule has 3 nitrogen and oxygen atoms in total. The number of carboxylic acid groups (broad SMARTS) is 1. The minimum Gasteiger partial charge on any atom is -0.481 e. The Morgan fingerprint density at radius 1 is 1.29 bits per heavy atom. The highest BCUT2D eigenvalue weighted by atomic mass is 16.4. The maximum atomic E-state index is 11.5. The highest BCUT2D eigenvalue weighted by Gasteiger charge is 2.40. The third-order valence-electron chi connectivity index (χ3n) is 5.20. The molecule has 2 rings (SSSR count). The van der Waals surface area contributed by atoms with Gasteiger partial charge in [0.05, 0.1) is 5.41 Å².